The number of aryl methyl sites for hydroxylation is 1. The molecule has 1 heterocycles. The summed E-state index contributed by atoms with van der Waals surface area (Å²) in [5, 5.41) is 4.15. The van der Waals surface area contributed by atoms with Crippen LogP contribution in [0, 0.1) is 0 Å². The second kappa shape index (κ2) is 7.25. The Kier molecular flexibility index (Phi) is 5.36. The largest absolute Gasteiger partial charge is 0.492 e. The van der Waals surface area contributed by atoms with Crippen LogP contribution in [0.25, 0.3) is 0 Å². The molecule has 1 aromatic heterocycles. The average molecular weight is 294 g/mol. The molecule has 0 aliphatic heterocycles. The van der Waals surface area contributed by atoms with Crippen molar-refractivity contribution in [2.24, 2.45) is 0 Å². The summed E-state index contributed by atoms with van der Waals surface area (Å²) < 4.78 is 10.9. The highest BCUT2D eigenvalue weighted by Gasteiger charge is 2.09. The average Bonchev–Trinajstić information content (AvgIpc) is 2.93. The van der Waals surface area contributed by atoms with Gasteiger partial charge >= 0.3 is 0 Å². The summed E-state index contributed by atoms with van der Waals surface area (Å²) >= 11 is 6.05. The molecule has 4 heteroatoms. The van der Waals surface area contributed by atoms with E-state index in [1.807, 2.05) is 37.3 Å². The molecule has 0 bridgehead atoms. The summed E-state index contributed by atoms with van der Waals surface area (Å²) in [5.41, 5.74) is 0.936. The molecule has 0 saturated heterocycles. The Morgan fingerprint density at radius 2 is 2.20 bits per heavy atom. The molecule has 3 nitrogen and oxygen atoms in total. The molecular formula is C16H20ClNO2. The van der Waals surface area contributed by atoms with Gasteiger partial charge < -0.3 is 14.5 Å². The van der Waals surface area contributed by atoms with Crippen LogP contribution in [0.1, 0.15) is 26.0 Å². The lowest BCUT2D eigenvalue weighted by atomic mass is 10.1. The quantitative estimate of drug-likeness (QED) is 0.799. The number of benzene rings is 1. The highest BCUT2D eigenvalue weighted by Crippen LogP contribution is 2.29. The van der Waals surface area contributed by atoms with Gasteiger partial charge in [0.2, 0.25) is 0 Å². The molecule has 0 spiro atoms. The van der Waals surface area contributed by atoms with E-state index in [-0.39, 0.29) is 0 Å². The molecule has 0 saturated carbocycles. The number of halogens is 1. The van der Waals surface area contributed by atoms with Gasteiger partial charge in [-0.3, -0.25) is 0 Å². The maximum Gasteiger partial charge on any atom is 0.142 e. The van der Waals surface area contributed by atoms with Gasteiger partial charge in [-0.25, -0.2) is 0 Å². The number of rotatable bonds is 7. The molecule has 1 aromatic carbocycles. The number of ether oxygens (including phenoxy) is 1. The number of anilines is 1. The van der Waals surface area contributed by atoms with E-state index < -0.39 is 0 Å². The number of nitrogens with one attached hydrogen (secondary N) is 1. The molecule has 1 N–H and O–H groups in total. The van der Waals surface area contributed by atoms with E-state index in [1.165, 1.54) is 0 Å². The fraction of sp³-hybridized carbons (Fsp3) is 0.375. The molecule has 0 aliphatic rings. The molecule has 0 amide bonds. The Bertz CT molecular complexity index is 525. The van der Waals surface area contributed by atoms with Crippen LogP contribution in [0.4, 0.5) is 5.69 Å². The van der Waals surface area contributed by atoms with Crippen molar-refractivity contribution in [3.05, 3.63) is 47.4 Å². The lowest BCUT2D eigenvalue weighted by molar-refractivity contribution is 0.341. The predicted octanol–water partition coefficient (Wildman–Crippen LogP) is 4.76. The normalized spacial score (nSPS) is 12.2. The third kappa shape index (κ3) is 4.20. The Morgan fingerprint density at radius 1 is 1.35 bits per heavy atom. The van der Waals surface area contributed by atoms with Gasteiger partial charge in [-0.05, 0) is 50.6 Å². The van der Waals surface area contributed by atoms with Crippen molar-refractivity contribution in [3.8, 4) is 5.75 Å². The van der Waals surface area contributed by atoms with Gasteiger partial charge in [-0.1, -0.05) is 11.6 Å². The zero-order chi connectivity index (χ0) is 14.4. The van der Waals surface area contributed by atoms with Gasteiger partial charge in [0.05, 0.1) is 18.6 Å². The standard InChI is InChI=1S/C16H20ClNO2/c1-3-19-16-9-7-13(17)11-15(16)18-12(2)6-8-14-5-4-10-20-14/h4-5,7,9-12,18H,3,6,8H2,1-2H3. The third-order valence-corrected chi connectivity index (χ3v) is 3.28. The third-order valence-electron chi connectivity index (χ3n) is 3.05. The van der Waals surface area contributed by atoms with Crippen LogP contribution in [0.2, 0.25) is 5.02 Å². The van der Waals surface area contributed by atoms with Crippen LogP contribution >= 0.6 is 11.6 Å². The second-order valence-corrected chi connectivity index (χ2v) is 5.17. The maximum atomic E-state index is 6.05. The van der Waals surface area contributed by atoms with Gasteiger partial charge in [0.15, 0.2) is 0 Å². The van der Waals surface area contributed by atoms with E-state index in [9.17, 15) is 0 Å². The van der Waals surface area contributed by atoms with Crippen LogP contribution in [0.15, 0.2) is 41.0 Å². The Labute approximate surface area is 124 Å². The first kappa shape index (κ1) is 14.8. The number of hydrogen-bond acceptors (Lipinski definition) is 3. The van der Waals surface area contributed by atoms with Crippen molar-refractivity contribution >= 4 is 17.3 Å². The first-order valence-corrected chi connectivity index (χ1v) is 7.28. The summed E-state index contributed by atoms with van der Waals surface area (Å²) in [6.07, 6.45) is 3.59. The topological polar surface area (TPSA) is 34.4 Å². The smallest absolute Gasteiger partial charge is 0.142 e. The Hall–Kier alpha value is -1.61. The lowest BCUT2D eigenvalue weighted by Crippen LogP contribution is -2.16. The van der Waals surface area contributed by atoms with Crippen LogP contribution in [-0.2, 0) is 6.42 Å². The Balaban J connectivity index is 1.95. The summed E-state index contributed by atoms with van der Waals surface area (Å²) in [5.74, 6) is 1.84. The molecule has 0 fully saturated rings. The van der Waals surface area contributed by atoms with Gasteiger partial charge in [0.1, 0.15) is 11.5 Å². The number of furan rings is 1. The predicted molar refractivity (Wildman–Crippen MR) is 82.7 cm³/mol. The van der Waals surface area contributed by atoms with Crippen molar-refractivity contribution in [2.45, 2.75) is 32.7 Å². The summed E-state index contributed by atoms with van der Waals surface area (Å²) in [6, 6.07) is 9.85. The molecule has 2 aromatic rings. The monoisotopic (exact) mass is 293 g/mol. The first-order chi connectivity index (χ1) is 9.69. The first-order valence-electron chi connectivity index (χ1n) is 6.90. The van der Waals surface area contributed by atoms with E-state index >= 15 is 0 Å². The van der Waals surface area contributed by atoms with E-state index in [2.05, 4.69) is 12.2 Å². The summed E-state index contributed by atoms with van der Waals surface area (Å²) in [4.78, 5) is 0. The molecule has 20 heavy (non-hydrogen) atoms. The van der Waals surface area contributed by atoms with E-state index in [0.717, 1.165) is 30.0 Å². The summed E-state index contributed by atoms with van der Waals surface area (Å²) in [7, 11) is 0. The molecule has 108 valence electrons. The second-order valence-electron chi connectivity index (χ2n) is 4.74. The molecule has 2 rings (SSSR count). The van der Waals surface area contributed by atoms with Crippen LogP contribution in [-0.4, -0.2) is 12.6 Å². The van der Waals surface area contributed by atoms with Crippen molar-refractivity contribution < 1.29 is 9.15 Å². The van der Waals surface area contributed by atoms with Crippen molar-refractivity contribution in [3.63, 3.8) is 0 Å². The maximum absolute atomic E-state index is 6.05. The van der Waals surface area contributed by atoms with Gasteiger partial charge in [-0.15, -0.1) is 0 Å². The summed E-state index contributed by atoms with van der Waals surface area (Å²) in [6.45, 7) is 4.75. The minimum absolute atomic E-state index is 0.303. The van der Waals surface area contributed by atoms with E-state index in [4.69, 9.17) is 20.8 Å². The zero-order valence-electron chi connectivity index (χ0n) is 11.9. The van der Waals surface area contributed by atoms with Crippen molar-refractivity contribution in [1.82, 2.24) is 0 Å². The van der Waals surface area contributed by atoms with Crippen molar-refractivity contribution in [1.29, 1.82) is 0 Å². The zero-order valence-corrected chi connectivity index (χ0v) is 12.6. The molecule has 0 radical (unpaired) electrons. The minimum atomic E-state index is 0.303. The highest BCUT2D eigenvalue weighted by atomic mass is 35.5. The van der Waals surface area contributed by atoms with Crippen LogP contribution < -0.4 is 10.1 Å². The molecule has 0 aliphatic carbocycles. The van der Waals surface area contributed by atoms with Crippen molar-refractivity contribution in [2.75, 3.05) is 11.9 Å². The molecule has 1 atom stereocenters. The van der Waals surface area contributed by atoms with Gasteiger partial charge in [0.25, 0.3) is 0 Å². The lowest BCUT2D eigenvalue weighted by Gasteiger charge is -2.18. The van der Waals surface area contributed by atoms with Crippen LogP contribution in [0.5, 0.6) is 5.75 Å². The van der Waals surface area contributed by atoms with Gasteiger partial charge in [-0.2, -0.15) is 0 Å². The minimum Gasteiger partial charge on any atom is -0.492 e. The Morgan fingerprint density at radius 3 is 2.90 bits per heavy atom. The fourth-order valence-corrected chi connectivity index (χ4v) is 2.22. The number of hydrogen-bond donors (Lipinski definition) is 1. The molecule has 1 unspecified atom stereocenters. The molecular weight excluding hydrogens is 274 g/mol. The van der Waals surface area contributed by atoms with E-state index in [0.29, 0.717) is 17.7 Å². The van der Waals surface area contributed by atoms with E-state index in [1.54, 1.807) is 6.26 Å². The van der Waals surface area contributed by atoms with Gasteiger partial charge in [0, 0.05) is 17.5 Å². The highest BCUT2D eigenvalue weighted by molar-refractivity contribution is 6.30. The van der Waals surface area contributed by atoms with Crippen LogP contribution in [0.3, 0.4) is 0 Å². The SMILES string of the molecule is CCOc1ccc(Cl)cc1NC(C)CCc1ccco1. The fourth-order valence-electron chi connectivity index (χ4n) is 2.05.